The molecule has 4 rings (SSSR count). The molecule has 7 nitrogen and oxygen atoms in total. The van der Waals surface area contributed by atoms with Crippen LogP contribution in [-0.4, -0.2) is 42.5 Å². The van der Waals surface area contributed by atoms with Gasteiger partial charge in [-0.3, -0.25) is 4.79 Å². The van der Waals surface area contributed by atoms with E-state index in [0.717, 1.165) is 37.0 Å². The van der Waals surface area contributed by atoms with Crippen molar-refractivity contribution in [1.29, 1.82) is 0 Å². The number of carbonyl (C=O) groups excluding carboxylic acids is 1. The molecular formula is C29H28BrClN4O3S. The predicted molar refractivity (Wildman–Crippen MR) is 159 cm³/mol. The first-order chi connectivity index (χ1) is 18.6. The van der Waals surface area contributed by atoms with Gasteiger partial charge in [-0.15, -0.1) is 0 Å². The second kappa shape index (κ2) is 12.7. The topological polar surface area (TPSA) is 83.8 Å². The van der Waals surface area contributed by atoms with Crippen molar-refractivity contribution in [1.82, 2.24) is 14.3 Å². The van der Waals surface area contributed by atoms with Crippen LogP contribution in [0.3, 0.4) is 0 Å². The number of hydrazone groups is 1. The van der Waals surface area contributed by atoms with Crippen LogP contribution in [0.1, 0.15) is 22.5 Å². The summed E-state index contributed by atoms with van der Waals surface area (Å²) in [5.41, 5.74) is 7.26. The molecule has 202 valence electrons. The fourth-order valence-corrected chi connectivity index (χ4v) is 6.15. The number of amides is 1. The summed E-state index contributed by atoms with van der Waals surface area (Å²) in [7, 11) is -3.95. The van der Waals surface area contributed by atoms with E-state index < -0.39 is 15.9 Å². The highest BCUT2D eigenvalue weighted by atomic mass is 79.9. The summed E-state index contributed by atoms with van der Waals surface area (Å²) in [5, 5.41) is 4.55. The number of benzene rings is 3. The molecule has 0 aliphatic heterocycles. The molecule has 0 radical (unpaired) electrons. The van der Waals surface area contributed by atoms with Gasteiger partial charge in [0.25, 0.3) is 5.91 Å². The van der Waals surface area contributed by atoms with Crippen LogP contribution >= 0.6 is 27.5 Å². The van der Waals surface area contributed by atoms with Gasteiger partial charge in [-0.2, -0.15) is 9.41 Å². The third-order valence-corrected chi connectivity index (χ3v) is 8.80. The third-order valence-electron chi connectivity index (χ3n) is 6.19. The molecule has 0 bridgehead atoms. The molecule has 0 aliphatic carbocycles. The number of aromatic nitrogens is 1. The molecule has 1 aromatic heterocycles. The lowest BCUT2D eigenvalue weighted by molar-refractivity contribution is -0.121. The molecular weight excluding hydrogens is 600 g/mol. The molecule has 4 aromatic rings. The molecule has 0 spiro atoms. The van der Waals surface area contributed by atoms with Crippen LogP contribution in [-0.2, 0) is 21.2 Å². The fraction of sp³-hybridized carbons (Fsp3) is 0.172. The van der Waals surface area contributed by atoms with Gasteiger partial charge in [0.05, 0.1) is 17.7 Å². The summed E-state index contributed by atoms with van der Waals surface area (Å²) in [5.74, 6) is -0.544. The van der Waals surface area contributed by atoms with Crippen molar-refractivity contribution in [3.05, 3.63) is 117 Å². The zero-order valence-electron chi connectivity index (χ0n) is 21.5. The molecule has 0 saturated heterocycles. The molecule has 0 fully saturated rings. The molecule has 3 aromatic carbocycles. The van der Waals surface area contributed by atoms with Crippen LogP contribution in [0.4, 0.5) is 0 Å². The van der Waals surface area contributed by atoms with Crippen molar-refractivity contribution < 1.29 is 13.2 Å². The van der Waals surface area contributed by atoms with Gasteiger partial charge >= 0.3 is 0 Å². The number of halogens is 2. The Bertz CT molecular complexity index is 1590. The van der Waals surface area contributed by atoms with E-state index in [1.807, 2.05) is 74.5 Å². The van der Waals surface area contributed by atoms with Crippen molar-refractivity contribution in [2.24, 2.45) is 5.10 Å². The second-order valence-electron chi connectivity index (χ2n) is 8.96. The summed E-state index contributed by atoms with van der Waals surface area (Å²) in [6.45, 7) is 3.71. The van der Waals surface area contributed by atoms with E-state index in [2.05, 4.69) is 31.0 Å². The molecule has 1 amide bonds. The van der Waals surface area contributed by atoms with Crippen LogP contribution in [0, 0.1) is 13.8 Å². The van der Waals surface area contributed by atoms with Crippen LogP contribution in [0.5, 0.6) is 0 Å². The maximum Gasteiger partial charge on any atom is 0.255 e. The van der Waals surface area contributed by atoms with Crippen molar-refractivity contribution in [2.75, 3.05) is 13.1 Å². The Morgan fingerprint density at radius 2 is 1.74 bits per heavy atom. The summed E-state index contributed by atoms with van der Waals surface area (Å²) >= 11 is 9.46. The van der Waals surface area contributed by atoms with Crippen LogP contribution in [0.15, 0.2) is 99.4 Å². The maximum atomic E-state index is 13.4. The van der Waals surface area contributed by atoms with Gasteiger partial charge in [0.1, 0.15) is 0 Å². The van der Waals surface area contributed by atoms with E-state index in [9.17, 15) is 13.2 Å². The maximum absolute atomic E-state index is 13.4. The fourth-order valence-electron chi connectivity index (χ4n) is 4.24. The van der Waals surface area contributed by atoms with Crippen molar-refractivity contribution >= 4 is 49.7 Å². The van der Waals surface area contributed by atoms with Crippen LogP contribution in [0.25, 0.3) is 5.69 Å². The molecule has 0 atom stereocenters. The first kappa shape index (κ1) is 28.8. The van der Waals surface area contributed by atoms with Gasteiger partial charge in [-0.25, -0.2) is 13.8 Å². The minimum atomic E-state index is -3.95. The van der Waals surface area contributed by atoms with Gasteiger partial charge in [0, 0.05) is 38.7 Å². The zero-order valence-corrected chi connectivity index (χ0v) is 24.7. The smallest absolute Gasteiger partial charge is 0.255 e. The summed E-state index contributed by atoms with van der Waals surface area (Å²) in [6.07, 6.45) is 2.02. The van der Waals surface area contributed by atoms with E-state index in [1.165, 1.54) is 24.3 Å². The number of nitrogens with zero attached hydrogens (tertiary/aromatic N) is 3. The van der Waals surface area contributed by atoms with Crippen molar-refractivity contribution in [3.63, 3.8) is 0 Å². The average molecular weight is 628 g/mol. The van der Waals surface area contributed by atoms with Crippen LogP contribution in [0.2, 0.25) is 5.02 Å². The molecule has 0 saturated carbocycles. The first-order valence-electron chi connectivity index (χ1n) is 12.2. The number of hydrogen-bond donors (Lipinski definition) is 1. The van der Waals surface area contributed by atoms with Gasteiger partial charge in [-0.05, 0) is 74.4 Å². The quantitative estimate of drug-likeness (QED) is 0.176. The normalized spacial score (nSPS) is 11.8. The minimum absolute atomic E-state index is 0.0660. The SMILES string of the molecule is Cc1cc(/C=N/NC(=O)CN(CCc2ccccc2)S(=O)(=O)c2ccc(Cl)cc2)c(C)n1-c1cccc(Br)c1. The largest absolute Gasteiger partial charge is 0.318 e. The van der Waals surface area contributed by atoms with E-state index in [0.29, 0.717) is 11.4 Å². The molecule has 1 heterocycles. The number of sulfonamides is 1. The lowest BCUT2D eigenvalue weighted by atomic mass is 10.1. The Morgan fingerprint density at radius 3 is 2.44 bits per heavy atom. The Morgan fingerprint density at radius 1 is 1.03 bits per heavy atom. The number of nitrogens with one attached hydrogen (secondary N) is 1. The molecule has 0 unspecified atom stereocenters. The highest BCUT2D eigenvalue weighted by Crippen LogP contribution is 2.23. The summed E-state index contributed by atoms with van der Waals surface area (Å²) in [6, 6.07) is 25.4. The Balaban J connectivity index is 1.49. The van der Waals surface area contributed by atoms with Gasteiger partial charge in [0.15, 0.2) is 0 Å². The van der Waals surface area contributed by atoms with Crippen LogP contribution < -0.4 is 5.43 Å². The van der Waals surface area contributed by atoms with Gasteiger partial charge in [-0.1, -0.05) is 63.9 Å². The summed E-state index contributed by atoms with van der Waals surface area (Å²) < 4.78 is 31.0. The number of carbonyl (C=O) groups is 1. The molecule has 10 heteroatoms. The minimum Gasteiger partial charge on any atom is -0.318 e. The van der Waals surface area contributed by atoms with E-state index in [4.69, 9.17) is 11.6 Å². The molecule has 1 N–H and O–H groups in total. The summed E-state index contributed by atoms with van der Waals surface area (Å²) in [4.78, 5) is 12.9. The van der Waals surface area contributed by atoms with Crippen molar-refractivity contribution in [3.8, 4) is 5.69 Å². The zero-order chi connectivity index (χ0) is 28.0. The first-order valence-corrected chi connectivity index (χ1v) is 14.8. The Hall–Kier alpha value is -3.24. The van der Waals surface area contributed by atoms with E-state index in [-0.39, 0.29) is 18.0 Å². The average Bonchev–Trinajstić information content (AvgIpc) is 3.19. The Kier molecular flexibility index (Phi) is 9.40. The lowest BCUT2D eigenvalue weighted by Crippen LogP contribution is -2.40. The van der Waals surface area contributed by atoms with Gasteiger partial charge in [0.2, 0.25) is 10.0 Å². The highest BCUT2D eigenvalue weighted by molar-refractivity contribution is 9.10. The standard InChI is InChI=1S/C29H28BrClN4O3S/c1-21-17-24(22(2)35(21)27-10-6-9-25(30)18-27)19-32-33-29(36)20-34(16-15-23-7-4-3-5-8-23)39(37,38)28-13-11-26(31)12-14-28/h3-14,17-19H,15-16,20H2,1-2H3,(H,33,36)/b32-19+. The molecule has 39 heavy (non-hydrogen) atoms. The number of hydrogen-bond acceptors (Lipinski definition) is 4. The van der Waals surface area contributed by atoms with Gasteiger partial charge < -0.3 is 4.57 Å². The van der Waals surface area contributed by atoms with Crippen molar-refractivity contribution in [2.45, 2.75) is 25.2 Å². The predicted octanol–water partition coefficient (Wildman–Crippen LogP) is 5.89. The number of rotatable bonds is 10. The molecule has 0 aliphatic rings. The van der Waals surface area contributed by atoms with E-state index in [1.54, 1.807) is 6.21 Å². The monoisotopic (exact) mass is 626 g/mol. The number of aryl methyl sites for hydroxylation is 1. The Labute approximate surface area is 242 Å². The van der Waals surface area contributed by atoms with E-state index >= 15 is 0 Å². The third kappa shape index (κ3) is 7.24. The lowest BCUT2D eigenvalue weighted by Gasteiger charge is -2.21. The highest BCUT2D eigenvalue weighted by Gasteiger charge is 2.26. The second-order valence-corrected chi connectivity index (χ2v) is 12.3.